The highest BCUT2D eigenvalue weighted by Crippen LogP contribution is 2.51. The Morgan fingerprint density at radius 3 is 2.17 bits per heavy atom. The first-order chi connectivity index (χ1) is 8.31. The van der Waals surface area contributed by atoms with E-state index in [0.717, 1.165) is 6.42 Å². The molecule has 0 aromatic heterocycles. The predicted octanol–water partition coefficient (Wildman–Crippen LogP) is 3.10. The van der Waals surface area contributed by atoms with E-state index in [1.165, 1.54) is 0 Å². The lowest BCUT2D eigenvalue weighted by molar-refractivity contribution is -0.192. The molecular formula is C11H13F5O2. The molecule has 1 saturated heterocycles. The number of carbonyl (C=O) groups is 1. The van der Waals surface area contributed by atoms with Crippen LogP contribution >= 0.6 is 0 Å². The van der Waals surface area contributed by atoms with E-state index < -0.39 is 36.0 Å². The van der Waals surface area contributed by atoms with Crippen molar-refractivity contribution in [1.82, 2.24) is 0 Å². The van der Waals surface area contributed by atoms with E-state index in [4.69, 9.17) is 0 Å². The van der Waals surface area contributed by atoms with Crippen molar-refractivity contribution in [2.45, 2.75) is 56.2 Å². The van der Waals surface area contributed by atoms with E-state index in [9.17, 15) is 26.7 Å². The molecule has 1 aliphatic carbocycles. The molecule has 0 amide bonds. The van der Waals surface area contributed by atoms with Crippen LogP contribution in [0.15, 0.2) is 0 Å². The van der Waals surface area contributed by atoms with E-state index in [-0.39, 0.29) is 0 Å². The summed E-state index contributed by atoms with van der Waals surface area (Å²) in [5.41, 5.74) is -4.20. The Balaban J connectivity index is 2.31. The van der Waals surface area contributed by atoms with Crippen molar-refractivity contribution >= 4 is 5.97 Å². The Hall–Kier alpha value is -0.880. The second kappa shape index (κ2) is 4.35. The van der Waals surface area contributed by atoms with Crippen LogP contribution in [0.3, 0.4) is 0 Å². The number of esters is 1. The summed E-state index contributed by atoms with van der Waals surface area (Å²) in [5.74, 6) is -7.71. The van der Waals surface area contributed by atoms with Crippen LogP contribution in [0.2, 0.25) is 0 Å². The number of carbonyl (C=O) groups excluding carboxylic acids is 1. The minimum atomic E-state index is -4.77. The SMILES string of the molecule is O=C1O[C@H](C2CCCCC2)[C@@](F)(C(F)F)C1(F)F. The van der Waals surface area contributed by atoms with Gasteiger partial charge in [0.05, 0.1) is 0 Å². The number of hydrogen-bond acceptors (Lipinski definition) is 2. The second-order valence-electron chi connectivity index (χ2n) is 4.87. The Morgan fingerprint density at radius 2 is 1.67 bits per heavy atom. The van der Waals surface area contributed by atoms with E-state index in [1.807, 2.05) is 0 Å². The molecule has 104 valence electrons. The predicted molar refractivity (Wildman–Crippen MR) is 51.2 cm³/mol. The lowest BCUT2D eigenvalue weighted by Crippen LogP contribution is -2.56. The average Bonchev–Trinajstić information content (AvgIpc) is 2.52. The van der Waals surface area contributed by atoms with Gasteiger partial charge in [-0.05, 0) is 18.8 Å². The number of cyclic esters (lactones) is 1. The first-order valence-corrected chi connectivity index (χ1v) is 5.87. The highest BCUT2D eigenvalue weighted by Gasteiger charge is 2.78. The van der Waals surface area contributed by atoms with Crippen LogP contribution in [0, 0.1) is 5.92 Å². The van der Waals surface area contributed by atoms with Crippen LogP contribution in [0.1, 0.15) is 32.1 Å². The largest absolute Gasteiger partial charge is 0.454 e. The molecule has 1 aliphatic heterocycles. The number of ether oxygens (including phenoxy) is 1. The fourth-order valence-electron chi connectivity index (χ4n) is 2.75. The number of hydrogen-bond donors (Lipinski definition) is 0. The quantitative estimate of drug-likeness (QED) is 0.570. The molecule has 7 heteroatoms. The molecule has 1 saturated carbocycles. The van der Waals surface area contributed by atoms with Crippen LogP contribution in [0.5, 0.6) is 0 Å². The van der Waals surface area contributed by atoms with Crippen molar-refractivity contribution < 1.29 is 31.5 Å². The van der Waals surface area contributed by atoms with E-state index in [0.29, 0.717) is 25.7 Å². The highest BCUT2D eigenvalue weighted by atomic mass is 19.3. The van der Waals surface area contributed by atoms with Gasteiger partial charge in [0.2, 0.25) is 0 Å². The molecule has 0 aromatic carbocycles. The van der Waals surface area contributed by atoms with Crippen LogP contribution in [-0.4, -0.2) is 30.1 Å². The monoisotopic (exact) mass is 272 g/mol. The summed E-state index contributed by atoms with van der Waals surface area (Å²) in [5, 5.41) is 0. The summed E-state index contributed by atoms with van der Waals surface area (Å²) in [7, 11) is 0. The molecule has 2 rings (SSSR count). The minimum absolute atomic E-state index is 0.326. The zero-order valence-corrected chi connectivity index (χ0v) is 9.47. The lowest BCUT2D eigenvalue weighted by Gasteiger charge is -2.33. The Labute approximate surface area is 100 Å². The summed E-state index contributed by atoms with van der Waals surface area (Å²) in [4.78, 5) is 10.9. The summed E-state index contributed by atoms with van der Waals surface area (Å²) < 4.78 is 70.4. The van der Waals surface area contributed by atoms with Gasteiger partial charge in [0, 0.05) is 0 Å². The molecule has 0 aromatic rings. The van der Waals surface area contributed by atoms with Crippen LogP contribution in [0.25, 0.3) is 0 Å². The van der Waals surface area contributed by atoms with E-state index >= 15 is 0 Å². The van der Waals surface area contributed by atoms with Gasteiger partial charge < -0.3 is 4.74 Å². The molecule has 1 heterocycles. The van der Waals surface area contributed by atoms with Gasteiger partial charge in [0.1, 0.15) is 0 Å². The zero-order chi connectivity index (χ0) is 13.6. The van der Waals surface area contributed by atoms with Crippen molar-refractivity contribution in [3.63, 3.8) is 0 Å². The maximum absolute atomic E-state index is 14.1. The number of alkyl halides is 5. The first-order valence-electron chi connectivity index (χ1n) is 5.87. The zero-order valence-electron chi connectivity index (χ0n) is 9.47. The van der Waals surface area contributed by atoms with E-state index in [2.05, 4.69) is 4.74 Å². The molecule has 0 unspecified atom stereocenters. The smallest absolute Gasteiger partial charge is 0.385 e. The molecule has 0 spiro atoms. The Morgan fingerprint density at radius 1 is 1.11 bits per heavy atom. The van der Waals surface area contributed by atoms with Gasteiger partial charge in [-0.2, -0.15) is 8.78 Å². The highest BCUT2D eigenvalue weighted by molar-refractivity contribution is 5.82. The van der Waals surface area contributed by atoms with E-state index in [1.54, 1.807) is 0 Å². The number of rotatable bonds is 2. The third-order valence-electron chi connectivity index (χ3n) is 3.78. The molecule has 2 atom stereocenters. The van der Waals surface area contributed by atoms with Gasteiger partial charge in [-0.15, -0.1) is 0 Å². The fourth-order valence-corrected chi connectivity index (χ4v) is 2.75. The fraction of sp³-hybridized carbons (Fsp3) is 0.909. The maximum Gasteiger partial charge on any atom is 0.385 e. The average molecular weight is 272 g/mol. The lowest BCUT2D eigenvalue weighted by atomic mass is 9.78. The summed E-state index contributed by atoms with van der Waals surface area (Å²) in [6, 6.07) is 0. The van der Waals surface area contributed by atoms with Crippen LogP contribution in [0.4, 0.5) is 22.0 Å². The van der Waals surface area contributed by atoms with Crippen molar-refractivity contribution in [2.24, 2.45) is 5.92 Å². The summed E-state index contributed by atoms with van der Waals surface area (Å²) >= 11 is 0. The van der Waals surface area contributed by atoms with Gasteiger partial charge in [0.25, 0.3) is 12.1 Å². The first kappa shape index (κ1) is 13.5. The van der Waals surface area contributed by atoms with Crippen molar-refractivity contribution in [1.29, 1.82) is 0 Å². The molecule has 0 N–H and O–H groups in total. The standard InChI is InChI=1S/C11H13F5O2/c12-8(13)10(14)7(6-4-2-1-3-5-6)18-9(17)11(10,15)16/h6-8H,1-5H2/t7-,10-/m1/s1. The van der Waals surface area contributed by atoms with Gasteiger partial charge >= 0.3 is 11.9 Å². The third kappa shape index (κ3) is 1.70. The molecule has 2 nitrogen and oxygen atoms in total. The Kier molecular flexibility index (Phi) is 3.27. The summed E-state index contributed by atoms with van der Waals surface area (Å²) in [6.07, 6.45) is -3.21. The van der Waals surface area contributed by atoms with Crippen molar-refractivity contribution in [3.05, 3.63) is 0 Å². The normalized spacial score (nSPS) is 37.0. The molecule has 0 radical (unpaired) electrons. The van der Waals surface area contributed by atoms with Crippen molar-refractivity contribution in [3.8, 4) is 0 Å². The van der Waals surface area contributed by atoms with Crippen molar-refractivity contribution in [2.75, 3.05) is 0 Å². The number of halogens is 5. The van der Waals surface area contributed by atoms with Crippen LogP contribution < -0.4 is 0 Å². The minimum Gasteiger partial charge on any atom is -0.454 e. The van der Waals surface area contributed by atoms with Gasteiger partial charge in [-0.25, -0.2) is 18.0 Å². The maximum atomic E-state index is 14.1. The topological polar surface area (TPSA) is 26.3 Å². The molecule has 0 bridgehead atoms. The van der Waals surface area contributed by atoms with Gasteiger partial charge in [-0.1, -0.05) is 19.3 Å². The van der Waals surface area contributed by atoms with Crippen LogP contribution in [-0.2, 0) is 9.53 Å². The molecule has 2 fully saturated rings. The second-order valence-corrected chi connectivity index (χ2v) is 4.87. The molecular weight excluding hydrogens is 259 g/mol. The van der Waals surface area contributed by atoms with Gasteiger partial charge in [-0.3, -0.25) is 0 Å². The third-order valence-corrected chi connectivity index (χ3v) is 3.78. The molecule has 18 heavy (non-hydrogen) atoms. The molecule has 2 aliphatic rings. The van der Waals surface area contributed by atoms with Gasteiger partial charge in [0.15, 0.2) is 6.10 Å². The Bertz CT molecular complexity index is 340. The summed E-state index contributed by atoms with van der Waals surface area (Å²) in [6.45, 7) is 0.